The van der Waals surface area contributed by atoms with Crippen LogP contribution in [0.5, 0.6) is 11.5 Å². The number of para-hydroxylation sites is 1. The zero-order valence-corrected chi connectivity index (χ0v) is 23.7. The number of hydrogen-bond donors (Lipinski definition) is 2. The summed E-state index contributed by atoms with van der Waals surface area (Å²) >= 11 is 6.47. The maximum atomic E-state index is 12.8. The average molecular weight is 572 g/mol. The van der Waals surface area contributed by atoms with Crippen molar-refractivity contribution in [3.05, 3.63) is 137 Å². The Hall–Kier alpha value is -5.08. The number of amides is 1. The van der Waals surface area contributed by atoms with Crippen molar-refractivity contribution in [1.29, 1.82) is 0 Å². The maximum absolute atomic E-state index is 12.8. The van der Waals surface area contributed by atoms with Crippen LogP contribution in [0, 0.1) is 0 Å². The van der Waals surface area contributed by atoms with Crippen LogP contribution < -0.4 is 20.8 Å². The Balaban J connectivity index is 1.09. The summed E-state index contributed by atoms with van der Waals surface area (Å²) in [5.74, 6) is 1.99. The summed E-state index contributed by atoms with van der Waals surface area (Å²) in [5, 5.41) is 11.6. The summed E-state index contributed by atoms with van der Waals surface area (Å²) in [6.07, 6.45) is 1.81. The highest BCUT2D eigenvalue weighted by Gasteiger charge is 2.13. The van der Waals surface area contributed by atoms with Crippen molar-refractivity contribution in [3.63, 3.8) is 0 Å². The molecule has 0 atom stereocenters. The number of carbonyl (C=O) groups excluding carboxylic acids is 1. The van der Waals surface area contributed by atoms with Crippen LogP contribution in [-0.4, -0.2) is 28.4 Å². The van der Waals surface area contributed by atoms with Gasteiger partial charge in [-0.1, -0.05) is 78.3 Å². The van der Waals surface area contributed by atoms with Gasteiger partial charge in [-0.25, -0.2) is 4.98 Å². The average Bonchev–Trinajstić information content (AvgIpc) is 3.40. The molecule has 2 heterocycles. The van der Waals surface area contributed by atoms with Crippen LogP contribution in [-0.2, 0) is 13.1 Å². The first-order valence-corrected chi connectivity index (χ1v) is 13.9. The van der Waals surface area contributed by atoms with Crippen LogP contribution >= 0.6 is 11.6 Å². The number of fused-ring (bicyclic) bond motifs is 1. The number of nitrogens with zero attached hydrogens (tertiary/aromatic N) is 3. The van der Waals surface area contributed by atoms with Crippen molar-refractivity contribution in [2.45, 2.75) is 13.1 Å². The molecule has 9 heteroatoms. The molecule has 206 valence electrons. The molecular weight excluding hydrogens is 545 g/mol. The molecule has 0 spiro atoms. The lowest BCUT2D eigenvalue weighted by Crippen LogP contribution is -2.22. The minimum atomic E-state index is -0.162. The van der Waals surface area contributed by atoms with Crippen molar-refractivity contribution in [1.82, 2.24) is 19.9 Å². The van der Waals surface area contributed by atoms with Crippen LogP contribution in [0.25, 0.3) is 16.9 Å². The zero-order valence-electron chi connectivity index (χ0n) is 22.9. The van der Waals surface area contributed by atoms with E-state index in [2.05, 4.69) is 15.7 Å². The predicted molar refractivity (Wildman–Crippen MR) is 170 cm³/mol. The van der Waals surface area contributed by atoms with E-state index in [0.717, 1.165) is 45.1 Å². The fourth-order valence-electron chi connectivity index (χ4n) is 4.58. The second-order valence-electron chi connectivity index (χ2n) is 9.87. The van der Waals surface area contributed by atoms with Gasteiger partial charge in [-0.15, -0.1) is 0 Å². The minimum absolute atomic E-state index is 0.162. The Bertz CT molecular complexity index is 1860. The van der Waals surface area contributed by atoms with Gasteiger partial charge in [-0.2, -0.15) is 9.61 Å². The number of benzene rings is 4. The molecular formula is C33H27BClN5O2. The van der Waals surface area contributed by atoms with E-state index in [4.69, 9.17) is 21.3 Å². The Morgan fingerprint density at radius 1 is 0.833 bits per heavy atom. The molecule has 0 unspecified atom stereocenters. The van der Waals surface area contributed by atoms with Gasteiger partial charge in [-0.05, 0) is 53.0 Å². The molecule has 4 aromatic carbocycles. The molecule has 0 bridgehead atoms. The first kappa shape index (κ1) is 27.1. The summed E-state index contributed by atoms with van der Waals surface area (Å²) in [6.45, 7) is 0.996. The molecule has 1 amide bonds. The standard InChI is InChI=1S/C33H27BClN5O2/c34-28-21-38-40-31(18-30(39-32(28)40)27-11-4-5-12-29(27)35)36-19-22-13-15-23(16-14-22)20-37-33(41)24-7-6-10-26(17-24)42-25-8-2-1-3-9-25/h1-18,21,36H,19-20,34H2,(H,37,41). The van der Waals surface area contributed by atoms with Gasteiger partial charge in [0.15, 0.2) is 5.65 Å². The number of rotatable bonds is 9. The third kappa shape index (κ3) is 6.14. The van der Waals surface area contributed by atoms with E-state index in [1.165, 1.54) is 0 Å². The number of halogens is 1. The number of carbonyl (C=O) groups is 1. The Morgan fingerprint density at radius 2 is 1.55 bits per heavy atom. The monoisotopic (exact) mass is 571 g/mol. The third-order valence-electron chi connectivity index (χ3n) is 6.82. The number of anilines is 1. The lowest BCUT2D eigenvalue weighted by Gasteiger charge is -2.12. The normalized spacial score (nSPS) is 10.9. The Labute approximate surface area is 249 Å². The number of nitrogens with one attached hydrogen (secondary N) is 2. The summed E-state index contributed by atoms with van der Waals surface area (Å²) in [7, 11) is 1.99. The number of ether oxygens (including phenoxy) is 1. The molecule has 7 nitrogen and oxygen atoms in total. The summed E-state index contributed by atoms with van der Waals surface area (Å²) < 4.78 is 7.66. The summed E-state index contributed by atoms with van der Waals surface area (Å²) in [4.78, 5) is 17.6. The lowest BCUT2D eigenvalue weighted by molar-refractivity contribution is 0.0950. The number of aromatic nitrogens is 3. The van der Waals surface area contributed by atoms with Gasteiger partial charge in [-0.3, -0.25) is 4.79 Å². The molecule has 2 N–H and O–H groups in total. The van der Waals surface area contributed by atoms with Crippen LogP contribution in [0.4, 0.5) is 5.82 Å². The maximum Gasteiger partial charge on any atom is 0.251 e. The highest BCUT2D eigenvalue weighted by molar-refractivity contribution is 6.36. The molecule has 42 heavy (non-hydrogen) atoms. The molecule has 0 aliphatic rings. The van der Waals surface area contributed by atoms with Gasteiger partial charge in [0, 0.05) is 41.5 Å². The third-order valence-corrected chi connectivity index (χ3v) is 7.15. The van der Waals surface area contributed by atoms with Gasteiger partial charge in [0.1, 0.15) is 25.2 Å². The fourth-order valence-corrected chi connectivity index (χ4v) is 4.82. The highest BCUT2D eigenvalue weighted by Crippen LogP contribution is 2.28. The van der Waals surface area contributed by atoms with Crippen molar-refractivity contribution in [3.8, 4) is 22.8 Å². The SMILES string of the molecule is Bc1cnn2c(NCc3ccc(CNC(=O)c4cccc(Oc5ccccc5)c4)cc3)cc(-c3ccccc3Cl)nc12. The van der Waals surface area contributed by atoms with Crippen molar-refractivity contribution in [2.75, 3.05) is 5.32 Å². The largest absolute Gasteiger partial charge is 0.457 e. The molecule has 0 radical (unpaired) electrons. The molecule has 6 rings (SSSR count). The van der Waals surface area contributed by atoms with E-state index in [-0.39, 0.29) is 5.91 Å². The van der Waals surface area contributed by atoms with E-state index in [1.807, 2.05) is 105 Å². The van der Waals surface area contributed by atoms with E-state index in [1.54, 1.807) is 22.8 Å². The van der Waals surface area contributed by atoms with Crippen molar-refractivity contribution >= 4 is 42.3 Å². The van der Waals surface area contributed by atoms with Crippen LogP contribution in [0.15, 0.2) is 115 Å². The smallest absolute Gasteiger partial charge is 0.251 e. The minimum Gasteiger partial charge on any atom is -0.457 e. The van der Waals surface area contributed by atoms with Gasteiger partial charge < -0.3 is 15.4 Å². The van der Waals surface area contributed by atoms with Gasteiger partial charge in [0.2, 0.25) is 0 Å². The van der Waals surface area contributed by atoms with Gasteiger partial charge >= 0.3 is 0 Å². The van der Waals surface area contributed by atoms with Crippen molar-refractivity contribution in [2.24, 2.45) is 0 Å². The van der Waals surface area contributed by atoms with E-state index in [0.29, 0.717) is 29.4 Å². The van der Waals surface area contributed by atoms with Gasteiger partial charge in [0.25, 0.3) is 5.91 Å². The first-order chi connectivity index (χ1) is 20.5. The molecule has 0 saturated heterocycles. The second kappa shape index (κ2) is 12.2. The topological polar surface area (TPSA) is 80.5 Å². The fraction of sp³-hybridized carbons (Fsp3) is 0.0606. The molecule has 0 aliphatic carbocycles. The lowest BCUT2D eigenvalue weighted by atomic mass is 10.0. The molecule has 6 aromatic rings. The highest BCUT2D eigenvalue weighted by atomic mass is 35.5. The summed E-state index contributed by atoms with van der Waals surface area (Å²) in [6, 6.07) is 34.4. The predicted octanol–water partition coefficient (Wildman–Crippen LogP) is 5.64. The summed E-state index contributed by atoms with van der Waals surface area (Å²) in [5.41, 5.74) is 6.03. The second-order valence-corrected chi connectivity index (χ2v) is 10.3. The Morgan fingerprint density at radius 3 is 2.33 bits per heavy atom. The van der Waals surface area contributed by atoms with Gasteiger partial charge in [0.05, 0.1) is 5.69 Å². The van der Waals surface area contributed by atoms with Crippen molar-refractivity contribution < 1.29 is 9.53 Å². The zero-order chi connectivity index (χ0) is 28.9. The first-order valence-electron chi connectivity index (χ1n) is 13.6. The van der Waals surface area contributed by atoms with Crippen LogP contribution in [0.3, 0.4) is 0 Å². The van der Waals surface area contributed by atoms with Crippen LogP contribution in [0.1, 0.15) is 21.5 Å². The molecule has 0 aliphatic heterocycles. The van der Waals surface area contributed by atoms with E-state index < -0.39 is 0 Å². The van der Waals surface area contributed by atoms with Crippen LogP contribution in [0.2, 0.25) is 5.02 Å². The van der Waals surface area contributed by atoms with E-state index in [9.17, 15) is 4.79 Å². The molecule has 2 aromatic heterocycles. The van der Waals surface area contributed by atoms with E-state index >= 15 is 0 Å². The quantitative estimate of drug-likeness (QED) is 0.220. The number of hydrogen-bond acceptors (Lipinski definition) is 5. The molecule has 0 saturated carbocycles. The molecule has 0 fully saturated rings. The Kier molecular flexibility index (Phi) is 7.88.